The number of carbonyl (C=O) groups excluding carboxylic acids is 1. The van der Waals surface area contributed by atoms with Crippen molar-refractivity contribution >= 4 is 28.5 Å². The van der Waals surface area contributed by atoms with E-state index in [0.29, 0.717) is 41.9 Å². The molecule has 4 rings (SSSR count). The SMILES string of the molecule is CN=C(N)S[C@@]1(COC)C[C@H]1c1cc(NC(=O)c2cnc(OCC3(C)CC3)cn2)ccc1F. The lowest BCUT2D eigenvalue weighted by atomic mass is 10.1. The number of aromatic nitrogens is 2. The standard InChI is InChI=1S/C23H28FN5O3S/c1-22(6-7-22)12-32-19-11-27-18(10-28-19)20(30)29-14-4-5-17(24)15(8-14)16-9-23(16,13-31-3)33-21(25)26-2/h4-5,8,10-11,16H,6-7,9,12-13H2,1-3H3,(H2,25,26)(H,29,30)/t16-,23+/m0/s1. The van der Waals surface area contributed by atoms with Crippen LogP contribution in [0.1, 0.15) is 48.2 Å². The summed E-state index contributed by atoms with van der Waals surface area (Å²) in [7, 11) is 3.22. The zero-order valence-corrected chi connectivity index (χ0v) is 19.7. The maximum atomic E-state index is 14.7. The first-order chi connectivity index (χ1) is 15.8. The summed E-state index contributed by atoms with van der Waals surface area (Å²) in [4.78, 5) is 25.0. The molecule has 2 aliphatic carbocycles. The van der Waals surface area contributed by atoms with Crippen molar-refractivity contribution in [2.24, 2.45) is 16.1 Å². The third-order valence-corrected chi connectivity index (χ3v) is 7.47. The third kappa shape index (κ3) is 5.44. The number of rotatable bonds is 9. The van der Waals surface area contributed by atoms with Crippen molar-refractivity contribution in [3.05, 3.63) is 47.7 Å². The number of methoxy groups -OCH3 is 1. The monoisotopic (exact) mass is 473 g/mol. The number of hydrogen-bond donors (Lipinski definition) is 2. The van der Waals surface area contributed by atoms with Crippen LogP contribution in [-0.2, 0) is 4.74 Å². The van der Waals surface area contributed by atoms with Gasteiger partial charge in [-0.25, -0.2) is 14.4 Å². The number of ether oxygens (including phenoxy) is 2. The van der Waals surface area contributed by atoms with Gasteiger partial charge in [0.1, 0.15) is 11.5 Å². The molecule has 8 nitrogen and oxygen atoms in total. The molecule has 1 aromatic heterocycles. The third-order valence-electron chi connectivity index (χ3n) is 6.10. The highest BCUT2D eigenvalue weighted by molar-refractivity contribution is 8.15. The predicted molar refractivity (Wildman–Crippen MR) is 126 cm³/mol. The normalized spacial score (nSPS) is 23.2. The van der Waals surface area contributed by atoms with Crippen LogP contribution in [0.3, 0.4) is 0 Å². The van der Waals surface area contributed by atoms with E-state index < -0.39 is 5.91 Å². The molecule has 0 aliphatic heterocycles. The van der Waals surface area contributed by atoms with E-state index >= 15 is 0 Å². The van der Waals surface area contributed by atoms with Gasteiger partial charge in [-0.3, -0.25) is 9.79 Å². The minimum absolute atomic E-state index is 0.107. The lowest BCUT2D eigenvalue weighted by molar-refractivity contribution is 0.102. The van der Waals surface area contributed by atoms with Crippen LogP contribution in [0.5, 0.6) is 5.88 Å². The molecule has 0 bridgehead atoms. The van der Waals surface area contributed by atoms with E-state index in [1.807, 2.05) is 0 Å². The molecule has 0 saturated heterocycles. The second-order valence-corrected chi connectivity index (χ2v) is 10.4. The molecule has 33 heavy (non-hydrogen) atoms. The minimum atomic E-state index is -0.434. The van der Waals surface area contributed by atoms with E-state index in [0.717, 1.165) is 12.8 Å². The molecule has 2 saturated carbocycles. The lowest BCUT2D eigenvalue weighted by Gasteiger charge is -2.16. The van der Waals surface area contributed by atoms with Gasteiger partial charge in [0.15, 0.2) is 5.17 Å². The molecular formula is C23H28FN5O3S. The van der Waals surface area contributed by atoms with Gasteiger partial charge in [0.05, 0.1) is 30.4 Å². The summed E-state index contributed by atoms with van der Waals surface area (Å²) in [6.45, 7) is 3.16. The first kappa shape index (κ1) is 23.4. The van der Waals surface area contributed by atoms with Crippen molar-refractivity contribution in [2.45, 2.75) is 36.9 Å². The van der Waals surface area contributed by atoms with Gasteiger partial charge in [0.25, 0.3) is 5.91 Å². The highest BCUT2D eigenvalue weighted by Crippen LogP contribution is 2.61. The smallest absolute Gasteiger partial charge is 0.275 e. The molecule has 1 aromatic carbocycles. The Labute approximate surface area is 196 Å². The van der Waals surface area contributed by atoms with Crippen LogP contribution < -0.4 is 15.8 Å². The number of nitrogens with one attached hydrogen (secondary N) is 1. The van der Waals surface area contributed by atoms with Crippen molar-refractivity contribution in [3.63, 3.8) is 0 Å². The van der Waals surface area contributed by atoms with Gasteiger partial charge in [-0.15, -0.1) is 0 Å². The van der Waals surface area contributed by atoms with E-state index in [4.69, 9.17) is 15.2 Å². The molecule has 1 heterocycles. The second-order valence-electron chi connectivity index (χ2n) is 8.95. The van der Waals surface area contributed by atoms with Gasteiger partial charge < -0.3 is 20.5 Å². The Morgan fingerprint density at radius 2 is 2.12 bits per heavy atom. The summed E-state index contributed by atoms with van der Waals surface area (Å²) in [5.74, 6) is -0.491. The number of halogens is 1. The molecular weight excluding hydrogens is 445 g/mol. The topological polar surface area (TPSA) is 112 Å². The van der Waals surface area contributed by atoms with E-state index in [-0.39, 0.29) is 27.6 Å². The fourth-order valence-corrected chi connectivity index (χ4v) is 4.88. The zero-order chi connectivity index (χ0) is 23.6. The van der Waals surface area contributed by atoms with Gasteiger partial charge >= 0.3 is 0 Å². The Hall–Kier alpha value is -2.72. The van der Waals surface area contributed by atoms with Crippen LogP contribution in [0.15, 0.2) is 35.6 Å². The predicted octanol–water partition coefficient (Wildman–Crippen LogP) is 3.60. The molecule has 0 unspecified atom stereocenters. The molecule has 10 heteroatoms. The summed E-state index contributed by atoms with van der Waals surface area (Å²) >= 11 is 1.40. The van der Waals surface area contributed by atoms with Gasteiger partial charge in [0.2, 0.25) is 5.88 Å². The maximum absolute atomic E-state index is 14.7. The molecule has 3 N–H and O–H groups in total. The fraction of sp³-hybridized carbons (Fsp3) is 0.478. The largest absolute Gasteiger partial charge is 0.476 e. The highest BCUT2D eigenvalue weighted by Gasteiger charge is 2.57. The summed E-state index contributed by atoms with van der Waals surface area (Å²) < 4.78 is 25.3. The molecule has 2 aromatic rings. The average Bonchev–Trinajstić information content (AvgIpc) is 3.71. The number of amidine groups is 1. The Balaban J connectivity index is 1.43. The van der Waals surface area contributed by atoms with Crippen molar-refractivity contribution in [1.29, 1.82) is 0 Å². The number of carbonyl (C=O) groups is 1. The molecule has 176 valence electrons. The number of benzene rings is 1. The van der Waals surface area contributed by atoms with Gasteiger partial charge in [-0.2, -0.15) is 0 Å². The number of thioether (sulfide) groups is 1. The van der Waals surface area contributed by atoms with Gasteiger partial charge in [-0.1, -0.05) is 18.7 Å². The van der Waals surface area contributed by atoms with Crippen LogP contribution in [0.2, 0.25) is 0 Å². The van der Waals surface area contributed by atoms with Crippen LogP contribution in [0.4, 0.5) is 10.1 Å². The van der Waals surface area contributed by atoms with Crippen LogP contribution in [-0.4, -0.2) is 53.2 Å². The van der Waals surface area contributed by atoms with Crippen LogP contribution in [0.25, 0.3) is 0 Å². The number of amides is 1. The quantitative estimate of drug-likeness (QED) is 0.423. The van der Waals surface area contributed by atoms with Crippen LogP contribution >= 0.6 is 11.8 Å². The Morgan fingerprint density at radius 1 is 1.33 bits per heavy atom. The molecule has 2 fully saturated rings. The summed E-state index contributed by atoms with van der Waals surface area (Å²) in [6, 6.07) is 4.52. The Kier molecular flexibility index (Phi) is 6.58. The molecule has 2 aliphatic rings. The Morgan fingerprint density at radius 3 is 2.76 bits per heavy atom. The fourth-order valence-electron chi connectivity index (χ4n) is 3.68. The number of anilines is 1. The average molecular weight is 474 g/mol. The molecule has 0 radical (unpaired) electrons. The minimum Gasteiger partial charge on any atom is -0.476 e. The van der Waals surface area contributed by atoms with Crippen molar-refractivity contribution in [3.8, 4) is 5.88 Å². The first-order valence-corrected chi connectivity index (χ1v) is 11.5. The van der Waals surface area contributed by atoms with E-state index in [9.17, 15) is 9.18 Å². The molecule has 2 atom stereocenters. The molecule has 0 spiro atoms. The number of nitrogens with zero attached hydrogens (tertiary/aromatic N) is 3. The molecule has 1 amide bonds. The summed E-state index contributed by atoms with van der Waals surface area (Å²) in [5, 5.41) is 3.20. The number of hydrogen-bond acceptors (Lipinski definition) is 7. The summed E-state index contributed by atoms with van der Waals surface area (Å²) in [5.41, 5.74) is 7.26. The number of nitrogens with two attached hydrogens (primary N) is 1. The maximum Gasteiger partial charge on any atom is 0.275 e. The van der Waals surface area contributed by atoms with E-state index in [2.05, 4.69) is 27.2 Å². The van der Waals surface area contributed by atoms with Crippen molar-refractivity contribution in [1.82, 2.24) is 9.97 Å². The van der Waals surface area contributed by atoms with Crippen LogP contribution in [0, 0.1) is 11.2 Å². The van der Waals surface area contributed by atoms with E-state index in [1.54, 1.807) is 20.2 Å². The van der Waals surface area contributed by atoms with Gasteiger partial charge in [0, 0.05) is 31.2 Å². The lowest BCUT2D eigenvalue weighted by Crippen LogP contribution is -2.21. The second kappa shape index (κ2) is 9.26. The zero-order valence-electron chi connectivity index (χ0n) is 18.9. The number of aliphatic imine (C=N–C) groups is 1. The van der Waals surface area contributed by atoms with E-state index in [1.165, 1.54) is 36.3 Å². The first-order valence-electron chi connectivity index (χ1n) is 10.7. The van der Waals surface area contributed by atoms with Crippen molar-refractivity contribution < 1.29 is 18.7 Å². The van der Waals surface area contributed by atoms with Crippen molar-refractivity contribution in [2.75, 3.05) is 32.7 Å². The van der Waals surface area contributed by atoms with Gasteiger partial charge in [-0.05, 0) is 43.0 Å². The summed E-state index contributed by atoms with van der Waals surface area (Å²) in [6.07, 6.45) is 5.80. The Bertz CT molecular complexity index is 1060. The highest BCUT2D eigenvalue weighted by atomic mass is 32.2.